The second-order valence-electron chi connectivity index (χ2n) is 4.61. The van der Waals surface area contributed by atoms with Gasteiger partial charge >= 0.3 is 11.8 Å². The van der Waals surface area contributed by atoms with E-state index in [0.717, 1.165) is 23.1 Å². The van der Waals surface area contributed by atoms with Gasteiger partial charge in [0, 0.05) is 36.8 Å². The summed E-state index contributed by atoms with van der Waals surface area (Å²) >= 11 is 1.02. The molecule has 1 aliphatic heterocycles. The molecule has 1 fully saturated rings. The Morgan fingerprint density at radius 2 is 1.82 bits per heavy atom. The number of hydrogen-bond donors (Lipinski definition) is 1. The number of thiocyanates is 1. The number of carbonyl (C=O) groups is 3. The highest BCUT2D eigenvalue weighted by Crippen LogP contribution is 2.19. The molecule has 0 aromatic heterocycles. The van der Waals surface area contributed by atoms with E-state index in [1.54, 1.807) is 29.2 Å². The number of anilines is 1. The smallest absolute Gasteiger partial charge is 0.313 e. The first-order valence-electron chi connectivity index (χ1n) is 6.59. The monoisotopic (exact) mass is 318 g/mol. The molecule has 0 unspecified atom stereocenters. The van der Waals surface area contributed by atoms with Gasteiger partial charge in [0.15, 0.2) is 0 Å². The average Bonchev–Trinajstić information content (AvgIpc) is 2.56. The summed E-state index contributed by atoms with van der Waals surface area (Å²) in [6.07, 6.45) is 0.739. The lowest BCUT2D eigenvalue weighted by atomic mass is 10.3. The molecule has 1 N–H and O–H groups in total. The molecule has 114 valence electrons. The van der Waals surface area contributed by atoms with Gasteiger partial charge in [-0.2, -0.15) is 5.26 Å². The average molecular weight is 318 g/mol. The summed E-state index contributed by atoms with van der Waals surface area (Å²) < 4.78 is 0. The van der Waals surface area contributed by atoms with Crippen molar-refractivity contribution in [1.82, 2.24) is 9.80 Å². The molecule has 0 radical (unpaired) electrons. The number of carbonyl (C=O) groups excluding carboxylic acids is 3. The topological polar surface area (TPSA) is 93.5 Å². The zero-order chi connectivity index (χ0) is 15.9. The second-order valence-corrected chi connectivity index (χ2v) is 5.46. The standard InChI is InChI=1S/C14H14N4O3S/c15-9-22-12-3-1-11(2-4-12)16-13(20)14(21)18-7-5-17(10-19)6-8-18/h1-4,10H,5-8H2,(H,16,20). The summed E-state index contributed by atoms with van der Waals surface area (Å²) in [6.45, 7) is 1.57. The minimum atomic E-state index is -0.708. The maximum Gasteiger partial charge on any atom is 0.313 e. The summed E-state index contributed by atoms with van der Waals surface area (Å²) in [6, 6.07) is 6.65. The highest BCUT2D eigenvalue weighted by atomic mass is 32.2. The maximum absolute atomic E-state index is 12.0. The summed E-state index contributed by atoms with van der Waals surface area (Å²) in [5.74, 6) is -1.32. The van der Waals surface area contributed by atoms with Crippen LogP contribution < -0.4 is 5.32 Å². The Labute approximate surface area is 131 Å². The molecular weight excluding hydrogens is 304 g/mol. The Bertz CT molecular complexity index is 604. The summed E-state index contributed by atoms with van der Waals surface area (Å²) in [5.41, 5.74) is 0.493. The number of rotatable bonds is 3. The Kier molecular flexibility index (Phi) is 5.38. The van der Waals surface area contributed by atoms with Crippen molar-refractivity contribution >= 4 is 35.7 Å². The molecule has 1 aliphatic rings. The molecule has 22 heavy (non-hydrogen) atoms. The van der Waals surface area contributed by atoms with E-state index in [1.807, 2.05) is 5.40 Å². The Morgan fingerprint density at radius 3 is 2.36 bits per heavy atom. The molecule has 1 saturated heterocycles. The van der Waals surface area contributed by atoms with Crippen molar-refractivity contribution < 1.29 is 14.4 Å². The number of nitrogens with zero attached hydrogens (tertiary/aromatic N) is 3. The molecule has 0 aliphatic carbocycles. The quantitative estimate of drug-likeness (QED) is 0.379. The van der Waals surface area contributed by atoms with Crippen LogP contribution in [0.1, 0.15) is 0 Å². The molecule has 0 atom stereocenters. The number of hydrogen-bond acceptors (Lipinski definition) is 5. The Balaban J connectivity index is 1.90. The van der Waals surface area contributed by atoms with Gasteiger partial charge in [0.2, 0.25) is 6.41 Å². The molecule has 2 rings (SSSR count). The van der Waals surface area contributed by atoms with Crippen molar-refractivity contribution in [2.75, 3.05) is 31.5 Å². The lowest BCUT2D eigenvalue weighted by molar-refractivity contribution is -0.144. The largest absolute Gasteiger partial charge is 0.342 e. The van der Waals surface area contributed by atoms with E-state index in [4.69, 9.17) is 5.26 Å². The maximum atomic E-state index is 12.0. The van der Waals surface area contributed by atoms with Crippen LogP contribution in [0.15, 0.2) is 29.2 Å². The molecule has 0 bridgehead atoms. The van der Waals surface area contributed by atoms with Crippen LogP contribution in [-0.2, 0) is 14.4 Å². The van der Waals surface area contributed by atoms with E-state index in [-0.39, 0.29) is 0 Å². The van der Waals surface area contributed by atoms with Gasteiger partial charge in [0.05, 0.1) is 0 Å². The lowest BCUT2D eigenvalue weighted by Crippen LogP contribution is -2.51. The molecule has 1 aromatic carbocycles. The van der Waals surface area contributed by atoms with Crippen LogP contribution in [0.25, 0.3) is 0 Å². The second kappa shape index (κ2) is 7.47. The van der Waals surface area contributed by atoms with Crippen LogP contribution in [0.4, 0.5) is 5.69 Å². The minimum absolute atomic E-state index is 0.350. The SMILES string of the molecule is N#CSc1ccc(NC(=O)C(=O)N2CCN(C=O)CC2)cc1. The molecule has 0 spiro atoms. The van der Waals surface area contributed by atoms with E-state index in [0.29, 0.717) is 31.9 Å². The zero-order valence-corrected chi connectivity index (χ0v) is 12.5. The first-order chi connectivity index (χ1) is 10.6. The Hall–Kier alpha value is -2.53. The fourth-order valence-electron chi connectivity index (χ4n) is 2.02. The number of benzene rings is 1. The highest BCUT2D eigenvalue weighted by Gasteiger charge is 2.25. The molecule has 7 nitrogen and oxygen atoms in total. The van der Waals surface area contributed by atoms with Crippen LogP contribution >= 0.6 is 11.8 Å². The van der Waals surface area contributed by atoms with Crippen LogP contribution in [0.3, 0.4) is 0 Å². The van der Waals surface area contributed by atoms with Crippen molar-refractivity contribution in [2.24, 2.45) is 0 Å². The van der Waals surface area contributed by atoms with Crippen molar-refractivity contribution in [1.29, 1.82) is 5.26 Å². The fourth-order valence-corrected chi connectivity index (χ4v) is 2.40. The Morgan fingerprint density at radius 1 is 1.18 bits per heavy atom. The van der Waals surface area contributed by atoms with E-state index < -0.39 is 11.8 Å². The van der Waals surface area contributed by atoms with Crippen molar-refractivity contribution in [3.8, 4) is 5.40 Å². The molecule has 1 aromatic rings. The van der Waals surface area contributed by atoms with Crippen molar-refractivity contribution in [3.05, 3.63) is 24.3 Å². The molecule has 1 heterocycles. The van der Waals surface area contributed by atoms with Gasteiger partial charge < -0.3 is 15.1 Å². The van der Waals surface area contributed by atoms with Gasteiger partial charge in [-0.25, -0.2) is 0 Å². The van der Waals surface area contributed by atoms with Crippen molar-refractivity contribution in [3.63, 3.8) is 0 Å². The van der Waals surface area contributed by atoms with E-state index in [1.165, 1.54) is 4.90 Å². The van der Waals surface area contributed by atoms with E-state index >= 15 is 0 Å². The number of thioether (sulfide) groups is 1. The van der Waals surface area contributed by atoms with Gasteiger partial charge in [0.25, 0.3) is 0 Å². The van der Waals surface area contributed by atoms with E-state index in [9.17, 15) is 14.4 Å². The van der Waals surface area contributed by atoms with Crippen LogP contribution in [-0.4, -0.2) is 54.2 Å². The van der Waals surface area contributed by atoms with Crippen molar-refractivity contribution in [2.45, 2.75) is 4.90 Å². The summed E-state index contributed by atoms with van der Waals surface area (Å²) in [4.78, 5) is 38.3. The van der Waals surface area contributed by atoms with E-state index in [2.05, 4.69) is 5.32 Å². The van der Waals surface area contributed by atoms with Gasteiger partial charge in [-0.1, -0.05) is 0 Å². The fraction of sp³-hybridized carbons (Fsp3) is 0.286. The number of amides is 3. The first-order valence-corrected chi connectivity index (χ1v) is 7.41. The zero-order valence-electron chi connectivity index (χ0n) is 11.7. The van der Waals surface area contributed by atoms with Gasteiger partial charge in [-0.15, -0.1) is 0 Å². The third-order valence-corrected chi connectivity index (χ3v) is 3.82. The van der Waals surface area contributed by atoms with Gasteiger partial charge in [-0.05, 0) is 36.0 Å². The van der Waals surface area contributed by atoms with Crippen LogP contribution in [0, 0.1) is 10.7 Å². The minimum Gasteiger partial charge on any atom is -0.342 e. The third-order valence-electron chi connectivity index (χ3n) is 3.22. The number of piperazine rings is 1. The van der Waals surface area contributed by atoms with Crippen LogP contribution in [0.2, 0.25) is 0 Å². The molecular formula is C14H14N4O3S. The lowest BCUT2D eigenvalue weighted by Gasteiger charge is -2.31. The number of nitriles is 1. The summed E-state index contributed by atoms with van der Waals surface area (Å²) in [7, 11) is 0. The highest BCUT2D eigenvalue weighted by molar-refractivity contribution is 8.03. The predicted molar refractivity (Wildman–Crippen MR) is 80.8 cm³/mol. The van der Waals surface area contributed by atoms with Crippen LogP contribution in [0.5, 0.6) is 0 Å². The third kappa shape index (κ3) is 3.99. The number of nitrogens with one attached hydrogen (secondary N) is 1. The first kappa shape index (κ1) is 15.9. The molecule has 0 saturated carbocycles. The van der Waals surface area contributed by atoms with Gasteiger partial charge in [-0.3, -0.25) is 14.4 Å². The normalized spacial score (nSPS) is 14.1. The molecule has 3 amide bonds. The predicted octanol–water partition coefficient (Wildman–Crippen LogP) is 0.499. The summed E-state index contributed by atoms with van der Waals surface area (Å²) in [5, 5.41) is 13.0. The molecule has 8 heteroatoms. The van der Waals surface area contributed by atoms with Gasteiger partial charge in [0.1, 0.15) is 5.40 Å².